The third-order valence-electron chi connectivity index (χ3n) is 5.49. The third-order valence-corrected chi connectivity index (χ3v) is 5.81. The van der Waals surface area contributed by atoms with Crippen molar-refractivity contribution in [2.45, 2.75) is 25.8 Å². The SMILES string of the molecule is O=C(NCCCN1CCCC1=O)c1ccc2c(=O)n(Cc3ccccc3)c(=S)[nH]c2c1. The minimum Gasteiger partial charge on any atom is -0.352 e. The highest BCUT2D eigenvalue weighted by Crippen LogP contribution is 2.12. The Hall–Kier alpha value is -3.26. The number of fused-ring (bicyclic) bond motifs is 1. The Morgan fingerprint density at radius 1 is 1.13 bits per heavy atom. The highest BCUT2D eigenvalue weighted by molar-refractivity contribution is 7.71. The van der Waals surface area contributed by atoms with E-state index in [1.54, 1.807) is 18.2 Å². The third kappa shape index (κ3) is 4.74. The van der Waals surface area contributed by atoms with Crippen molar-refractivity contribution in [3.63, 3.8) is 0 Å². The van der Waals surface area contributed by atoms with Gasteiger partial charge in [0.25, 0.3) is 11.5 Å². The minimum absolute atomic E-state index is 0.189. The Morgan fingerprint density at radius 3 is 2.68 bits per heavy atom. The lowest BCUT2D eigenvalue weighted by atomic mass is 10.1. The van der Waals surface area contributed by atoms with Crippen LogP contribution >= 0.6 is 12.2 Å². The number of nitrogens with one attached hydrogen (secondary N) is 2. The van der Waals surface area contributed by atoms with Gasteiger partial charge in [0.05, 0.1) is 17.4 Å². The molecule has 2 heterocycles. The van der Waals surface area contributed by atoms with Crippen LogP contribution in [0.4, 0.5) is 0 Å². The van der Waals surface area contributed by atoms with Gasteiger partial charge in [-0.1, -0.05) is 30.3 Å². The number of carbonyl (C=O) groups excluding carboxylic acids is 2. The second-order valence-electron chi connectivity index (χ2n) is 7.66. The molecular weight excluding hydrogens is 412 g/mol. The summed E-state index contributed by atoms with van der Waals surface area (Å²) in [5.74, 6) is -0.0311. The average Bonchev–Trinajstić information content (AvgIpc) is 3.19. The van der Waals surface area contributed by atoms with Gasteiger partial charge in [-0.25, -0.2) is 0 Å². The van der Waals surface area contributed by atoms with Crippen LogP contribution in [0.5, 0.6) is 0 Å². The van der Waals surface area contributed by atoms with Gasteiger partial charge in [-0.3, -0.25) is 19.0 Å². The van der Waals surface area contributed by atoms with E-state index in [4.69, 9.17) is 12.2 Å². The number of aromatic nitrogens is 2. The monoisotopic (exact) mass is 436 g/mol. The van der Waals surface area contributed by atoms with E-state index >= 15 is 0 Å². The molecule has 2 N–H and O–H groups in total. The van der Waals surface area contributed by atoms with Gasteiger partial charge in [-0.2, -0.15) is 0 Å². The van der Waals surface area contributed by atoms with Gasteiger partial charge in [0.2, 0.25) is 5.91 Å². The summed E-state index contributed by atoms with van der Waals surface area (Å²) in [6.07, 6.45) is 2.24. The number of benzene rings is 2. The lowest BCUT2D eigenvalue weighted by molar-refractivity contribution is -0.127. The number of nitrogens with zero attached hydrogens (tertiary/aromatic N) is 2. The zero-order valence-electron chi connectivity index (χ0n) is 17.1. The van der Waals surface area contributed by atoms with Crippen molar-refractivity contribution in [2.75, 3.05) is 19.6 Å². The lowest BCUT2D eigenvalue weighted by Crippen LogP contribution is -2.30. The predicted octanol–water partition coefficient (Wildman–Crippen LogP) is 2.85. The first-order valence-electron chi connectivity index (χ1n) is 10.4. The molecule has 1 aliphatic heterocycles. The van der Waals surface area contributed by atoms with Gasteiger partial charge in [0.1, 0.15) is 0 Å². The molecule has 2 amide bonds. The second kappa shape index (κ2) is 9.26. The second-order valence-corrected chi connectivity index (χ2v) is 8.05. The standard InChI is InChI=1S/C23H24N4O3S/c28-20-8-4-12-26(20)13-5-11-24-21(29)17-9-10-18-19(14-17)25-23(31)27(22(18)30)15-16-6-2-1-3-7-16/h1-3,6-7,9-10,14H,4-5,8,11-13,15H2,(H,24,29)(H,25,31). The first-order chi connectivity index (χ1) is 15.0. The van der Waals surface area contributed by atoms with E-state index < -0.39 is 0 Å². The highest BCUT2D eigenvalue weighted by Gasteiger charge is 2.19. The molecule has 0 unspecified atom stereocenters. The Bertz CT molecular complexity index is 1230. The normalized spacial score (nSPS) is 13.7. The highest BCUT2D eigenvalue weighted by atomic mass is 32.1. The van der Waals surface area contributed by atoms with Crippen LogP contribution in [-0.2, 0) is 11.3 Å². The Kier molecular flexibility index (Phi) is 6.27. The van der Waals surface area contributed by atoms with Crippen molar-refractivity contribution in [1.82, 2.24) is 19.8 Å². The van der Waals surface area contributed by atoms with Gasteiger partial charge in [-0.15, -0.1) is 0 Å². The smallest absolute Gasteiger partial charge is 0.262 e. The molecule has 0 aliphatic carbocycles. The number of hydrogen-bond donors (Lipinski definition) is 2. The fraction of sp³-hybridized carbons (Fsp3) is 0.304. The zero-order valence-corrected chi connectivity index (χ0v) is 17.9. The van der Waals surface area contributed by atoms with Crippen LogP contribution in [0, 0.1) is 4.77 Å². The molecule has 7 nitrogen and oxygen atoms in total. The largest absolute Gasteiger partial charge is 0.352 e. The molecule has 1 aliphatic rings. The van der Waals surface area contributed by atoms with Gasteiger partial charge in [-0.05, 0) is 48.8 Å². The van der Waals surface area contributed by atoms with Gasteiger partial charge in [0, 0.05) is 31.6 Å². The molecule has 3 aromatic rings. The van der Waals surface area contributed by atoms with Crippen molar-refractivity contribution < 1.29 is 9.59 Å². The molecule has 0 spiro atoms. The molecule has 31 heavy (non-hydrogen) atoms. The van der Waals surface area contributed by atoms with Crippen molar-refractivity contribution in [2.24, 2.45) is 0 Å². The maximum Gasteiger partial charge on any atom is 0.262 e. The van der Waals surface area contributed by atoms with Crippen LogP contribution in [0.3, 0.4) is 0 Å². The topological polar surface area (TPSA) is 87.2 Å². The number of aromatic amines is 1. The van der Waals surface area contributed by atoms with Crippen molar-refractivity contribution in [1.29, 1.82) is 0 Å². The molecule has 1 fully saturated rings. The predicted molar refractivity (Wildman–Crippen MR) is 122 cm³/mol. The van der Waals surface area contributed by atoms with E-state index in [1.165, 1.54) is 4.57 Å². The van der Waals surface area contributed by atoms with Crippen LogP contribution in [0.1, 0.15) is 35.2 Å². The van der Waals surface area contributed by atoms with Gasteiger partial charge >= 0.3 is 0 Å². The van der Waals surface area contributed by atoms with E-state index in [1.807, 2.05) is 35.2 Å². The van der Waals surface area contributed by atoms with Crippen LogP contribution < -0.4 is 10.9 Å². The molecule has 1 saturated heterocycles. The van der Waals surface area contributed by atoms with E-state index in [9.17, 15) is 14.4 Å². The van der Waals surface area contributed by atoms with E-state index in [0.717, 1.165) is 18.5 Å². The summed E-state index contributed by atoms with van der Waals surface area (Å²) in [5.41, 5.74) is 1.78. The van der Waals surface area contributed by atoms with Crippen LogP contribution in [0.15, 0.2) is 53.3 Å². The summed E-state index contributed by atoms with van der Waals surface area (Å²) in [5, 5.41) is 3.36. The Morgan fingerprint density at radius 2 is 1.94 bits per heavy atom. The van der Waals surface area contributed by atoms with Crippen molar-refractivity contribution in [3.05, 3.63) is 74.8 Å². The number of rotatable bonds is 7. The zero-order chi connectivity index (χ0) is 21.8. The van der Waals surface area contributed by atoms with Gasteiger partial charge in [0.15, 0.2) is 4.77 Å². The molecule has 0 radical (unpaired) electrons. The molecule has 8 heteroatoms. The molecule has 0 saturated carbocycles. The number of carbonyl (C=O) groups is 2. The maximum atomic E-state index is 12.9. The van der Waals surface area contributed by atoms with Crippen LogP contribution in [0.25, 0.3) is 10.9 Å². The number of H-pyrrole nitrogens is 1. The molecule has 2 aromatic carbocycles. The molecule has 4 rings (SSSR count). The summed E-state index contributed by atoms with van der Waals surface area (Å²) in [4.78, 5) is 42.0. The van der Waals surface area contributed by atoms with E-state index in [2.05, 4.69) is 10.3 Å². The summed E-state index contributed by atoms with van der Waals surface area (Å²) >= 11 is 5.40. The molecule has 1 aromatic heterocycles. The lowest BCUT2D eigenvalue weighted by Gasteiger charge is -2.15. The maximum absolute atomic E-state index is 12.9. The summed E-state index contributed by atoms with van der Waals surface area (Å²) < 4.78 is 1.83. The molecule has 0 bridgehead atoms. The van der Waals surface area contributed by atoms with Crippen LogP contribution in [0.2, 0.25) is 0 Å². The van der Waals surface area contributed by atoms with E-state index in [0.29, 0.717) is 53.7 Å². The minimum atomic E-state index is -0.220. The first-order valence-corrected chi connectivity index (χ1v) is 10.8. The molecular formula is C23H24N4O3S. The number of amides is 2. The van der Waals surface area contributed by atoms with Crippen molar-refractivity contribution in [3.8, 4) is 0 Å². The van der Waals surface area contributed by atoms with Crippen molar-refractivity contribution >= 4 is 34.9 Å². The molecule has 0 atom stereocenters. The average molecular weight is 437 g/mol. The molecule has 160 valence electrons. The first kappa shape index (κ1) is 21.0. The number of likely N-dealkylation sites (tertiary alicyclic amines) is 1. The fourth-order valence-electron chi connectivity index (χ4n) is 3.82. The number of hydrogen-bond acceptors (Lipinski definition) is 4. The Labute approximate surface area is 184 Å². The summed E-state index contributed by atoms with van der Waals surface area (Å²) in [6, 6.07) is 14.6. The fourth-order valence-corrected chi connectivity index (χ4v) is 4.08. The summed E-state index contributed by atoms with van der Waals surface area (Å²) in [6.45, 7) is 2.32. The Balaban J connectivity index is 1.45. The van der Waals surface area contributed by atoms with E-state index in [-0.39, 0.29) is 17.4 Å². The van der Waals surface area contributed by atoms with Crippen LogP contribution in [-0.4, -0.2) is 45.9 Å². The summed E-state index contributed by atoms with van der Waals surface area (Å²) in [7, 11) is 0. The quantitative estimate of drug-likeness (QED) is 0.440. The van der Waals surface area contributed by atoms with Gasteiger partial charge < -0.3 is 15.2 Å².